The molecule has 0 saturated carbocycles. The molecule has 1 saturated heterocycles. The highest BCUT2D eigenvalue weighted by Crippen LogP contribution is 2.35. The van der Waals surface area contributed by atoms with E-state index in [4.69, 9.17) is 0 Å². The fourth-order valence-electron chi connectivity index (χ4n) is 2.04. The Balaban J connectivity index is 2.21. The summed E-state index contributed by atoms with van der Waals surface area (Å²) in [4.78, 5) is 12.3. The zero-order valence-electron chi connectivity index (χ0n) is 11.4. The van der Waals surface area contributed by atoms with E-state index in [9.17, 15) is 23.3 Å². The van der Waals surface area contributed by atoms with Crippen LogP contribution in [0, 0.1) is 10.1 Å². The normalized spacial score (nSPS) is 17.7. The third kappa shape index (κ3) is 3.82. The molecule has 0 aliphatic carbocycles. The van der Waals surface area contributed by atoms with Gasteiger partial charge in [0.15, 0.2) is 0 Å². The van der Waals surface area contributed by atoms with Gasteiger partial charge in [-0.25, -0.2) is 5.01 Å². The van der Waals surface area contributed by atoms with E-state index in [0.717, 1.165) is 25.2 Å². The Morgan fingerprint density at radius 3 is 2.38 bits per heavy atom. The molecule has 1 aliphatic rings. The van der Waals surface area contributed by atoms with Crippen LogP contribution in [0.4, 0.5) is 24.5 Å². The summed E-state index contributed by atoms with van der Waals surface area (Å²) < 4.78 is 37.8. The van der Waals surface area contributed by atoms with E-state index in [2.05, 4.69) is 10.3 Å². The number of nitrogens with one attached hydrogen (secondary N) is 1. The minimum Gasteiger partial charge on any atom is -0.313 e. The van der Waals surface area contributed by atoms with Crippen LogP contribution in [0.5, 0.6) is 0 Å². The second-order valence-electron chi connectivity index (χ2n) is 4.89. The van der Waals surface area contributed by atoms with Crippen molar-refractivity contribution in [3.05, 3.63) is 33.9 Å². The number of halogens is 3. The van der Waals surface area contributed by atoms with Crippen molar-refractivity contribution >= 4 is 11.4 Å². The van der Waals surface area contributed by atoms with Crippen molar-refractivity contribution in [2.24, 2.45) is 0 Å². The zero-order chi connectivity index (χ0) is 15.6. The number of nitrogens with zero attached hydrogens (tertiary/aromatic N) is 3. The van der Waals surface area contributed by atoms with E-state index < -0.39 is 22.4 Å². The first-order valence-electron chi connectivity index (χ1n) is 6.33. The van der Waals surface area contributed by atoms with Gasteiger partial charge in [-0.3, -0.25) is 10.1 Å². The van der Waals surface area contributed by atoms with Gasteiger partial charge in [-0.2, -0.15) is 13.2 Å². The molecule has 1 heterocycles. The van der Waals surface area contributed by atoms with Gasteiger partial charge in [-0.1, -0.05) is 0 Å². The van der Waals surface area contributed by atoms with Crippen LogP contribution < -0.4 is 5.43 Å². The molecule has 6 nitrogen and oxygen atoms in total. The van der Waals surface area contributed by atoms with Crippen LogP contribution in [0.1, 0.15) is 5.56 Å². The van der Waals surface area contributed by atoms with E-state index >= 15 is 0 Å². The van der Waals surface area contributed by atoms with Crippen LogP contribution in [0.2, 0.25) is 0 Å². The number of rotatable bonds is 3. The molecule has 0 atom stereocenters. The van der Waals surface area contributed by atoms with Crippen LogP contribution in [0.3, 0.4) is 0 Å². The molecule has 9 heteroatoms. The predicted octanol–water partition coefficient (Wildman–Crippen LogP) is 2.19. The number of nitro groups is 1. The minimum absolute atomic E-state index is 0.0672. The molecule has 1 aliphatic heterocycles. The fourth-order valence-corrected chi connectivity index (χ4v) is 2.04. The molecule has 2 rings (SSSR count). The largest absolute Gasteiger partial charge is 0.416 e. The van der Waals surface area contributed by atoms with Gasteiger partial charge in [0.2, 0.25) is 0 Å². The lowest BCUT2D eigenvalue weighted by molar-refractivity contribution is -0.384. The molecule has 0 amide bonds. The predicted molar refractivity (Wildman–Crippen MR) is 70.8 cm³/mol. The van der Waals surface area contributed by atoms with Crippen LogP contribution in [0.25, 0.3) is 0 Å². The van der Waals surface area contributed by atoms with Crippen LogP contribution in [-0.4, -0.2) is 48.1 Å². The second-order valence-corrected chi connectivity index (χ2v) is 4.89. The van der Waals surface area contributed by atoms with Gasteiger partial charge in [0.05, 0.1) is 10.5 Å². The maximum Gasteiger partial charge on any atom is 0.416 e. The highest BCUT2D eigenvalue weighted by molar-refractivity contribution is 5.62. The lowest BCUT2D eigenvalue weighted by atomic mass is 10.1. The first-order valence-corrected chi connectivity index (χ1v) is 6.33. The molecule has 0 aromatic heterocycles. The van der Waals surface area contributed by atoms with Gasteiger partial charge in [0, 0.05) is 32.2 Å². The Morgan fingerprint density at radius 1 is 1.24 bits per heavy atom. The van der Waals surface area contributed by atoms with Crippen molar-refractivity contribution in [1.82, 2.24) is 9.91 Å². The van der Waals surface area contributed by atoms with Crippen molar-refractivity contribution in [3.63, 3.8) is 0 Å². The standard InChI is InChI=1S/C12H15F3N4O2/c1-17-4-6-18(7-5-17)16-10-3-2-9(12(13,14)15)8-11(10)19(20)21/h2-3,8,16H,4-7H2,1H3. The number of hydrogen-bond donors (Lipinski definition) is 1. The summed E-state index contributed by atoms with van der Waals surface area (Å²) in [6.07, 6.45) is -4.60. The number of anilines is 1. The van der Waals surface area contributed by atoms with E-state index in [1.807, 2.05) is 7.05 Å². The molecule has 0 spiro atoms. The third-order valence-electron chi connectivity index (χ3n) is 3.30. The van der Waals surface area contributed by atoms with Gasteiger partial charge in [0.25, 0.3) is 5.69 Å². The number of alkyl halides is 3. The van der Waals surface area contributed by atoms with Crippen molar-refractivity contribution < 1.29 is 18.1 Å². The fraction of sp³-hybridized carbons (Fsp3) is 0.500. The van der Waals surface area contributed by atoms with Gasteiger partial charge >= 0.3 is 6.18 Å². The number of hydrazine groups is 1. The number of likely N-dealkylation sites (N-methyl/N-ethyl adjacent to an activating group) is 1. The summed E-state index contributed by atoms with van der Waals surface area (Å²) >= 11 is 0. The smallest absolute Gasteiger partial charge is 0.313 e. The van der Waals surface area contributed by atoms with Gasteiger partial charge in [-0.05, 0) is 19.2 Å². The molecule has 21 heavy (non-hydrogen) atoms. The maximum absolute atomic E-state index is 12.6. The molecule has 1 fully saturated rings. The lowest BCUT2D eigenvalue weighted by Gasteiger charge is -2.32. The van der Waals surface area contributed by atoms with Crippen LogP contribution in [0.15, 0.2) is 18.2 Å². The summed E-state index contributed by atoms with van der Waals surface area (Å²) in [6.45, 7) is 2.83. The lowest BCUT2D eigenvalue weighted by Crippen LogP contribution is -2.47. The second kappa shape index (κ2) is 5.86. The highest BCUT2D eigenvalue weighted by atomic mass is 19.4. The monoisotopic (exact) mass is 304 g/mol. The number of piperazine rings is 1. The summed E-state index contributed by atoms with van der Waals surface area (Å²) in [5, 5.41) is 12.7. The summed E-state index contributed by atoms with van der Waals surface area (Å²) in [5.41, 5.74) is 1.29. The van der Waals surface area contributed by atoms with Gasteiger partial charge in [0.1, 0.15) is 5.69 Å². The summed E-state index contributed by atoms with van der Waals surface area (Å²) in [7, 11) is 1.96. The minimum atomic E-state index is -4.60. The number of benzene rings is 1. The van der Waals surface area contributed by atoms with Gasteiger partial charge in [-0.15, -0.1) is 0 Å². The Kier molecular flexibility index (Phi) is 4.33. The molecular weight excluding hydrogens is 289 g/mol. The Morgan fingerprint density at radius 2 is 1.86 bits per heavy atom. The van der Waals surface area contributed by atoms with Crippen molar-refractivity contribution in [2.75, 3.05) is 38.7 Å². The van der Waals surface area contributed by atoms with Crippen molar-refractivity contribution in [3.8, 4) is 0 Å². The third-order valence-corrected chi connectivity index (χ3v) is 3.30. The van der Waals surface area contributed by atoms with Crippen LogP contribution in [-0.2, 0) is 6.18 Å². The molecule has 116 valence electrons. The number of nitro benzene ring substituents is 1. The summed E-state index contributed by atoms with van der Waals surface area (Å²) in [5.74, 6) is 0. The first-order chi connectivity index (χ1) is 9.77. The molecule has 1 aromatic rings. The van der Waals surface area contributed by atoms with E-state index in [1.165, 1.54) is 0 Å². The SMILES string of the molecule is CN1CCN(Nc2ccc(C(F)(F)F)cc2[N+](=O)[O-])CC1. The molecule has 0 unspecified atom stereocenters. The number of hydrogen-bond acceptors (Lipinski definition) is 5. The average molecular weight is 304 g/mol. The quantitative estimate of drug-likeness (QED) is 0.685. The Labute approximate surface area is 119 Å². The van der Waals surface area contributed by atoms with E-state index in [0.29, 0.717) is 19.2 Å². The average Bonchev–Trinajstić information content (AvgIpc) is 2.40. The molecule has 0 bridgehead atoms. The maximum atomic E-state index is 12.6. The summed E-state index contributed by atoms with van der Waals surface area (Å²) in [6, 6.07) is 2.49. The first kappa shape index (κ1) is 15.5. The molecule has 1 aromatic carbocycles. The van der Waals surface area contributed by atoms with Crippen molar-refractivity contribution in [1.29, 1.82) is 0 Å². The van der Waals surface area contributed by atoms with E-state index in [-0.39, 0.29) is 5.69 Å². The zero-order valence-corrected chi connectivity index (χ0v) is 11.4. The van der Waals surface area contributed by atoms with Crippen molar-refractivity contribution in [2.45, 2.75) is 6.18 Å². The van der Waals surface area contributed by atoms with Crippen LogP contribution >= 0.6 is 0 Å². The molecule has 1 N–H and O–H groups in total. The molecular formula is C12H15F3N4O2. The Bertz CT molecular complexity index is 528. The van der Waals surface area contributed by atoms with E-state index in [1.54, 1.807) is 5.01 Å². The molecule has 0 radical (unpaired) electrons. The highest BCUT2D eigenvalue weighted by Gasteiger charge is 2.33. The Hall–Kier alpha value is -1.87. The topological polar surface area (TPSA) is 61.6 Å². The van der Waals surface area contributed by atoms with Gasteiger partial charge < -0.3 is 10.3 Å².